The molecule has 1 aromatic carbocycles. The number of hydrogen-bond acceptors (Lipinski definition) is 4. The fourth-order valence-corrected chi connectivity index (χ4v) is 2.70. The Bertz CT molecular complexity index is 607. The summed E-state index contributed by atoms with van der Waals surface area (Å²) in [6.07, 6.45) is 0.392. The SMILES string of the molecule is Cc1ccc2nc(SCCC(C)(N)C(=O)O)[nH]c2c1. The van der Waals surface area contributed by atoms with Crippen LogP contribution in [0, 0.1) is 6.92 Å². The molecular formula is C13H17N3O2S. The van der Waals surface area contributed by atoms with E-state index in [0.717, 1.165) is 16.2 Å². The third-order valence-electron chi connectivity index (χ3n) is 2.96. The molecule has 19 heavy (non-hydrogen) atoms. The molecule has 0 bridgehead atoms. The Morgan fingerprint density at radius 2 is 2.32 bits per heavy atom. The smallest absolute Gasteiger partial charge is 0.323 e. The van der Waals surface area contributed by atoms with Gasteiger partial charge in [-0.05, 0) is 38.0 Å². The molecule has 0 aliphatic rings. The first-order chi connectivity index (χ1) is 8.88. The zero-order chi connectivity index (χ0) is 14.0. The van der Waals surface area contributed by atoms with Crippen molar-refractivity contribution in [2.24, 2.45) is 5.73 Å². The highest BCUT2D eigenvalue weighted by Gasteiger charge is 2.27. The van der Waals surface area contributed by atoms with Crippen LogP contribution >= 0.6 is 11.8 Å². The molecule has 0 saturated heterocycles. The van der Waals surface area contributed by atoms with Gasteiger partial charge in [-0.2, -0.15) is 0 Å². The monoisotopic (exact) mass is 279 g/mol. The molecular weight excluding hydrogens is 262 g/mol. The molecule has 0 aliphatic heterocycles. The topological polar surface area (TPSA) is 92.0 Å². The number of carboxylic acid groups (broad SMARTS) is 1. The Hall–Kier alpha value is -1.53. The molecule has 0 spiro atoms. The fourth-order valence-electron chi connectivity index (χ4n) is 1.64. The van der Waals surface area contributed by atoms with E-state index in [1.807, 2.05) is 25.1 Å². The lowest BCUT2D eigenvalue weighted by atomic mass is 10.0. The summed E-state index contributed by atoms with van der Waals surface area (Å²) >= 11 is 1.49. The zero-order valence-corrected chi connectivity index (χ0v) is 11.8. The van der Waals surface area contributed by atoms with Crippen molar-refractivity contribution in [1.82, 2.24) is 9.97 Å². The summed E-state index contributed by atoms with van der Waals surface area (Å²) in [7, 11) is 0. The van der Waals surface area contributed by atoms with Crippen molar-refractivity contribution in [2.75, 3.05) is 5.75 Å². The number of rotatable bonds is 5. The number of nitrogens with zero attached hydrogens (tertiary/aromatic N) is 1. The number of hydrogen-bond donors (Lipinski definition) is 3. The number of H-pyrrole nitrogens is 1. The number of fused-ring (bicyclic) bond motifs is 1. The Balaban J connectivity index is 2.00. The summed E-state index contributed by atoms with van der Waals surface area (Å²) in [5.74, 6) is -0.369. The average Bonchev–Trinajstić information content (AvgIpc) is 2.70. The van der Waals surface area contributed by atoms with Gasteiger partial charge in [0.2, 0.25) is 0 Å². The molecule has 0 amide bonds. The number of aryl methyl sites for hydroxylation is 1. The first-order valence-corrected chi connectivity index (χ1v) is 6.98. The molecule has 2 rings (SSSR count). The van der Waals surface area contributed by atoms with Crippen LogP contribution in [0.15, 0.2) is 23.4 Å². The van der Waals surface area contributed by atoms with Crippen molar-refractivity contribution < 1.29 is 9.90 Å². The maximum Gasteiger partial charge on any atom is 0.323 e. The van der Waals surface area contributed by atoms with E-state index in [9.17, 15) is 4.79 Å². The standard InChI is InChI=1S/C13H17N3O2S/c1-8-3-4-9-10(7-8)16-12(15-9)19-6-5-13(2,14)11(17)18/h3-4,7H,5-6,14H2,1-2H3,(H,15,16)(H,17,18). The highest BCUT2D eigenvalue weighted by Crippen LogP contribution is 2.22. The Labute approximate surface area is 115 Å². The summed E-state index contributed by atoms with van der Waals surface area (Å²) in [5.41, 5.74) is 7.58. The van der Waals surface area contributed by atoms with Crippen LogP contribution in [0.5, 0.6) is 0 Å². The highest BCUT2D eigenvalue weighted by atomic mass is 32.2. The molecule has 5 nitrogen and oxygen atoms in total. The summed E-state index contributed by atoms with van der Waals surface area (Å²) in [6.45, 7) is 3.55. The molecule has 1 unspecified atom stereocenters. The maximum atomic E-state index is 10.9. The average molecular weight is 279 g/mol. The summed E-state index contributed by atoms with van der Waals surface area (Å²) in [6, 6.07) is 6.02. The van der Waals surface area contributed by atoms with Crippen LogP contribution in [0.3, 0.4) is 0 Å². The number of aromatic nitrogens is 2. The second kappa shape index (κ2) is 5.22. The first-order valence-electron chi connectivity index (χ1n) is 6.00. The van der Waals surface area contributed by atoms with Crippen LogP contribution < -0.4 is 5.73 Å². The minimum absolute atomic E-state index is 0.392. The van der Waals surface area contributed by atoms with Crippen molar-refractivity contribution >= 4 is 28.8 Å². The van der Waals surface area contributed by atoms with Crippen LogP contribution in [-0.4, -0.2) is 32.3 Å². The summed E-state index contributed by atoms with van der Waals surface area (Å²) < 4.78 is 0. The number of carboxylic acids is 1. The van der Waals surface area contributed by atoms with Crippen molar-refractivity contribution in [3.05, 3.63) is 23.8 Å². The second-order valence-corrected chi connectivity index (χ2v) is 5.97. The van der Waals surface area contributed by atoms with Gasteiger partial charge in [-0.1, -0.05) is 17.8 Å². The molecule has 0 saturated carbocycles. The molecule has 0 fully saturated rings. The van der Waals surface area contributed by atoms with Gasteiger partial charge in [0.05, 0.1) is 11.0 Å². The van der Waals surface area contributed by atoms with Crippen LogP contribution in [0.25, 0.3) is 11.0 Å². The number of benzene rings is 1. The number of aromatic amines is 1. The number of nitrogens with two attached hydrogens (primary N) is 1. The van der Waals surface area contributed by atoms with Crippen LogP contribution in [-0.2, 0) is 4.79 Å². The molecule has 4 N–H and O–H groups in total. The number of aliphatic carboxylic acids is 1. The van der Waals surface area contributed by atoms with Gasteiger partial charge in [-0.15, -0.1) is 0 Å². The van der Waals surface area contributed by atoms with Gasteiger partial charge in [-0.3, -0.25) is 4.79 Å². The third kappa shape index (κ3) is 3.27. The Morgan fingerprint density at radius 1 is 1.58 bits per heavy atom. The van der Waals surface area contributed by atoms with Gasteiger partial charge in [0.1, 0.15) is 5.54 Å². The highest BCUT2D eigenvalue weighted by molar-refractivity contribution is 7.99. The van der Waals surface area contributed by atoms with Crippen molar-refractivity contribution in [3.8, 4) is 0 Å². The van der Waals surface area contributed by atoms with Crippen LogP contribution in [0.4, 0.5) is 0 Å². The number of imidazole rings is 1. The van der Waals surface area contributed by atoms with Gasteiger partial charge in [0, 0.05) is 5.75 Å². The molecule has 6 heteroatoms. The van der Waals surface area contributed by atoms with Gasteiger partial charge in [0.25, 0.3) is 0 Å². The van der Waals surface area contributed by atoms with E-state index < -0.39 is 11.5 Å². The van der Waals surface area contributed by atoms with Crippen molar-refractivity contribution in [3.63, 3.8) is 0 Å². The summed E-state index contributed by atoms with van der Waals surface area (Å²) in [4.78, 5) is 18.5. The lowest BCUT2D eigenvalue weighted by Crippen LogP contribution is -2.45. The summed E-state index contributed by atoms with van der Waals surface area (Å²) in [5, 5.41) is 9.72. The van der Waals surface area contributed by atoms with Gasteiger partial charge < -0.3 is 15.8 Å². The van der Waals surface area contributed by atoms with Crippen LogP contribution in [0.1, 0.15) is 18.9 Å². The van der Waals surface area contributed by atoms with E-state index in [1.165, 1.54) is 24.2 Å². The van der Waals surface area contributed by atoms with E-state index >= 15 is 0 Å². The normalized spacial score (nSPS) is 14.5. The quantitative estimate of drug-likeness (QED) is 0.729. The minimum atomic E-state index is -1.18. The third-order valence-corrected chi connectivity index (χ3v) is 3.84. The maximum absolute atomic E-state index is 10.9. The predicted octanol–water partition coefficient (Wildman–Crippen LogP) is 2.16. The molecule has 2 aromatic rings. The van der Waals surface area contributed by atoms with E-state index in [1.54, 1.807) is 0 Å². The lowest BCUT2D eigenvalue weighted by Gasteiger charge is -2.17. The van der Waals surface area contributed by atoms with Crippen LogP contribution in [0.2, 0.25) is 0 Å². The first kappa shape index (κ1) is 13.9. The Morgan fingerprint density at radius 3 is 3.00 bits per heavy atom. The molecule has 0 aliphatic carbocycles. The number of thioether (sulfide) groups is 1. The minimum Gasteiger partial charge on any atom is -0.480 e. The number of nitrogens with one attached hydrogen (secondary N) is 1. The number of carbonyl (C=O) groups is 1. The van der Waals surface area contributed by atoms with E-state index in [0.29, 0.717) is 12.2 Å². The van der Waals surface area contributed by atoms with Crippen molar-refractivity contribution in [1.29, 1.82) is 0 Å². The molecule has 0 radical (unpaired) electrons. The van der Waals surface area contributed by atoms with E-state index in [4.69, 9.17) is 10.8 Å². The molecule has 1 atom stereocenters. The van der Waals surface area contributed by atoms with Gasteiger partial charge in [-0.25, -0.2) is 4.98 Å². The second-order valence-electron chi connectivity index (χ2n) is 4.88. The Kier molecular flexibility index (Phi) is 3.82. The van der Waals surface area contributed by atoms with E-state index in [-0.39, 0.29) is 0 Å². The fraction of sp³-hybridized carbons (Fsp3) is 0.385. The molecule has 1 heterocycles. The van der Waals surface area contributed by atoms with E-state index in [2.05, 4.69) is 9.97 Å². The molecule has 1 aromatic heterocycles. The van der Waals surface area contributed by atoms with Gasteiger partial charge in [0.15, 0.2) is 5.16 Å². The zero-order valence-electron chi connectivity index (χ0n) is 10.9. The van der Waals surface area contributed by atoms with Crippen molar-refractivity contribution in [2.45, 2.75) is 31.0 Å². The lowest BCUT2D eigenvalue weighted by molar-refractivity contribution is -0.142. The molecule has 102 valence electrons. The predicted molar refractivity (Wildman–Crippen MR) is 76.4 cm³/mol. The largest absolute Gasteiger partial charge is 0.480 e. The van der Waals surface area contributed by atoms with Gasteiger partial charge >= 0.3 is 5.97 Å².